The van der Waals surface area contributed by atoms with E-state index in [0.29, 0.717) is 23.2 Å². The van der Waals surface area contributed by atoms with Crippen molar-refractivity contribution in [2.45, 2.75) is 45.3 Å². The summed E-state index contributed by atoms with van der Waals surface area (Å²) in [6.07, 6.45) is 0.487. The number of carboxylic acids is 1. The maximum Gasteiger partial charge on any atom is 0.357 e. The van der Waals surface area contributed by atoms with Gasteiger partial charge in [-0.15, -0.1) is 11.3 Å². The number of aryl methyl sites for hydroxylation is 2. The lowest BCUT2D eigenvalue weighted by molar-refractivity contribution is -0.137. The Morgan fingerprint density at radius 1 is 1.33 bits per heavy atom. The van der Waals surface area contributed by atoms with Crippen LogP contribution in [0.25, 0.3) is 16.0 Å². The van der Waals surface area contributed by atoms with Crippen molar-refractivity contribution in [2.24, 2.45) is 7.05 Å². The topological polar surface area (TPSA) is 116 Å². The van der Waals surface area contributed by atoms with Gasteiger partial charge in [0, 0.05) is 30.3 Å². The first-order valence-corrected chi connectivity index (χ1v) is 9.28. The summed E-state index contributed by atoms with van der Waals surface area (Å²) in [4.78, 5) is 46.2. The molecule has 0 atom stereocenters. The summed E-state index contributed by atoms with van der Waals surface area (Å²) in [6.45, 7) is 4.29. The number of aliphatic carboxylic acids is 1. The predicted octanol–water partition coefficient (Wildman–Crippen LogP) is 0.871. The highest BCUT2D eigenvalue weighted by Gasteiger charge is 2.31. The maximum atomic E-state index is 13.0. The second kappa shape index (κ2) is 5.96. The van der Waals surface area contributed by atoms with Crippen LogP contribution in [0.1, 0.15) is 36.5 Å². The fourth-order valence-corrected chi connectivity index (χ4v) is 4.81. The molecule has 0 aliphatic carbocycles. The lowest BCUT2D eigenvalue weighted by Gasteiger charge is -2.29. The van der Waals surface area contributed by atoms with Crippen LogP contribution in [-0.4, -0.2) is 35.6 Å². The standard InChI is InChI=1S/C17H18N4O5S/c1-17(2)6-9-8(7-26-17)12-13(24)20(3)15-18-10(4-5-11(22)23)19-16(25)21(15)14(12)27-9/h4-7H2,1-3H3,(H,22,23). The van der Waals surface area contributed by atoms with Gasteiger partial charge in [0.25, 0.3) is 5.56 Å². The molecule has 0 saturated heterocycles. The van der Waals surface area contributed by atoms with Crippen molar-refractivity contribution >= 4 is 33.3 Å². The van der Waals surface area contributed by atoms with Crippen molar-refractivity contribution in [3.63, 3.8) is 0 Å². The second-order valence-electron chi connectivity index (χ2n) is 7.22. The molecule has 3 aromatic rings. The van der Waals surface area contributed by atoms with Gasteiger partial charge in [-0.3, -0.25) is 14.2 Å². The Kier molecular flexibility index (Phi) is 3.93. The minimum Gasteiger partial charge on any atom is -0.481 e. The molecule has 1 N–H and O–H groups in total. The van der Waals surface area contributed by atoms with Crippen LogP contribution >= 0.6 is 11.3 Å². The van der Waals surface area contributed by atoms with Crippen LogP contribution in [0.3, 0.4) is 0 Å². The normalized spacial score (nSPS) is 16.0. The second-order valence-corrected chi connectivity index (χ2v) is 8.31. The molecule has 27 heavy (non-hydrogen) atoms. The van der Waals surface area contributed by atoms with Gasteiger partial charge in [-0.25, -0.2) is 9.20 Å². The van der Waals surface area contributed by atoms with E-state index in [1.54, 1.807) is 7.05 Å². The smallest absolute Gasteiger partial charge is 0.357 e. The zero-order chi connectivity index (χ0) is 19.5. The minimum atomic E-state index is -1.00. The molecular weight excluding hydrogens is 372 g/mol. The van der Waals surface area contributed by atoms with Gasteiger partial charge in [0.05, 0.1) is 24.0 Å². The quantitative estimate of drug-likeness (QED) is 0.705. The molecule has 0 bridgehead atoms. The Morgan fingerprint density at radius 2 is 2.07 bits per heavy atom. The van der Waals surface area contributed by atoms with Gasteiger partial charge in [-0.05, 0) is 13.8 Å². The van der Waals surface area contributed by atoms with E-state index in [9.17, 15) is 14.4 Å². The SMILES string of the molecule is Cn1c(=O)c2c3c(sc2n2c(=O)nc(CCC(=O)O)nc12)CC(C)(C)OC3. The van der Waals surface area contributed by atoms with Gasteiger partial charge in [-0.1, -0.05) is 0 Å². The highest BCUT2D eigenvalue weighted by atomic mass is 32.1. The molecule has 0 amide bonds. The average molecular weight is 390 g/mol. The van der Waals surface area contributed by atoms with Gasteiger partial charge >= 0.3 is 11.7 Å². The lowest BCUT2D eigenvalue weighted by Crippen LogP contribution is -2.32. The molecular formula is C17H18N4O5S. The predicted molar refractivity (Wildman–Crippen MR) is 98.4 cm³/mol. The van der Waals surface area contributed by atoms with Crippen molar-refractivity contribution in [1.29, 1.82) is 0 Å². The number of rotatable bonds is 3. The first-order valence-electron chi connectivity index (χ1n) is 8.46. The van der Waals surface area contributed by atoms with Crippen molar-refractivity contribution in [3.05, 3.63) is 37.1 Å². The van der Waals surface area contributed by atoms with Crippen LogP contribution < -0.4 is 11.2 Å². The van der Waals surface area contributed by atoms with E-state index in [4.69, 9.17) is 9.84 Å². The molecule has 1 aliphatic heterocycles. The van der Waals surface area contributed by atoms with Crippen LogP contribution in [0, 0.1) is 0 Å². The fourth-order valence-electron chi connectivity index (χ4n) is 3.30. The van der Waals surface area contributed by atoms with E-state index in [1.165, 1.54) is 20.3 Å². The van der Waals surface area contributed by atoms with E-state index in [0.717, 1.165) is 10.4 Å². The van der Waals surface area contributed by atoms with Gasteiger partial charge in [0.2, 0.25) is 5.78 Å². The van der Waals surface area contributed by atoms with Crippen molar-refractivity contribution in [2.75, 3.05) is 0 Å². The number of carbonyl (C=O) groups is 1. The van der Waals surface area contributed by atoms with Crippen LogP contribution in [0.4, 0.5) is 0 Å². The molecule has 0 aromatic carbocycles. The summed E-state index contributed by atoms with van der Waals surface area (Å²) in [5, 5.41) is 9.29. The van der Waals surface area contributed by atoms with Crippen LogP contribution in [0.15, 0.2) is 9.59 Å². The largest absolute Gasteiger partial charge is 0.481 e. The minimum absolute atomic E-state index is 0.0241. The van der Waals surface area contributed by atoms with Gasteiger partial charge in [-0.2, -0.15) is 9.97 Å². The number of hydrogen-bond acceptors (Lipinski definition) is 7. The third kappa shape index (κ3) is 2.85. The molecule has 10 heteroatoms. The molecule has 4 rings (SSSR count). The highest BCUT2D eigenvalue weighted by molar-refractivity contribution is 7.18. The zero-order valence-corrected chi connectivity index (χ0v) is 15.9. The molecule has 142 valence electrons. The number of hydrogen-bond donors (Lipinski definition) is 1. The Hall–Kier alpha value is -2.59. The Morgan fingerprint density at radius 3 is 2.78 bits per heavy atom. The number of carboxylic acid groups (broad SMARTS) is 1. The van der Waals surface area contributed by atoms with E-state index < -0.39 is 11.7 Å². The molecule has 0 radical (unpaired) electrons. The van der Waals surface area contributed by atoms with E-state index in [1.807, 2.05) is 13.8 Å². The average Bonchev–Trinajstić information content (AvgIpc) is 2.94. The lowest BCUT2D eigenvalue weighted by atomic mass is 9.98. The molecule has 9 nitrogen and oxygen atoms in total. The van der Waals surface area contributed by atoms with Gasteiger partial charge in [0.15, 0.2) is 0 Å². The van der Waals surface area contributed by atoms with Crippen LogP contribution in [0.5, 0.6) is 0 Å². The number of aromatic nitrogens is 4. The molecule has 4 heterocycles. The van der Waals surface area contributed by atoms with Gasteiger partial charge < -0.3 is 9.84 Å². The Balaban J connectivity index is 2.02. The molecule has 3 aromatic heterocycles. The summed E-state index contributed by atoms with van der Waals surface area (Å²) in [7, 11) is 1.54. The molecule has 0 unspecified atom stereocenters. The Labute approximate surface area is 156 Å². The van der Waals surface area contributed by atoms with Crippen molar-refractivity contribution in [3.8, 4) is 0 Å². The number of thiophene rings is 1. The number of fused-ring (bicyclic) bond motifs is 5. The van der Waals surface area contributed by atoms with E-state index in [2.05, 4.69) is 9.97 Å². The summed E-state index contributed by atoms with van der Waals surface area (Å²) >= 11 is 1.39. The molecule has 0 saturated carbocycles. The first-order chi connectivity index (χ1) is 12.7. The van der Waals surface area contributed by atoms with Crippen LogP contribution in [-0.2, 0) is 36.0 Å². The van der Waals surface area contributed by atoms with Crippen molar-refractivity contribution < 1.29 is 14.6 Å². The number of nitrogens with zero attached hydrogens (tertiary/aromatic N) is 4. The third-order valence-electron chi connectivity index (χ3n) is 4.69. The Bertz CT molecular complexity index is 1220. The summed E-state index contributed by atoms with van der Waals surface area (Å²) < 4.78 is 8.49. The number of ether oxygens (including phenoxy) is 1. The zero-order valence-electron chi connectivity index (χ0n) is 15.1. The fraction of sp³-hybridized carbons (Fsp3) is 0.471. The molecule has 0 fully saturated rings. The monoisotopic (exact) mass is 390 g/mol. The molecule has 1 aliphatic rings. The maximum absolute atomic E-state index is 13.0. The first kappa shape index (κ1) is 17.8. The summed E-state index contributed by atoms with van der Waals surface area (Å²) in [5.41, 5.74) is -0.341. The van der Waals surface area contributed by atoms with E-state index in [-0.39, 0.29) is 35.6 Å². The summed E-state index contributed by atoms with van der Waals surface area (Å²) in [6, 6.07) is 0. The summed E-state index contributed by atoms with van der Waals surface area (Å²) in [5.74, 6) is -0.731. The van der Waals surface area contributed by atoms with Gasteiger partial charge in [0.1, 0.15) is 10.7 Å². The van der Waals surface area contributed by atoms with Crippen molar-refractivity contribution in [1.82, 2.24) is 18.9 Å². The van der Waals surface area contributed by atoms with Crippen LogP contribution in [0.2, 0.25) is 0 Å². The highest BCUT2D eigenvalue weighted by Crippen LogP contribution is 2.37. The molecule has 0 spiro atoms. The van der Waals surface area contributed by atoms with E-state index >= 15 is 0 Å². The third-order valence-corrected chi connectivity index (χ3v) is 5.91.